The number of benzene rings is 1. The normalized spacial score (nSPS) is 22.1. The molecule has 5 nitrogen and oxygen atoms in total. The molecule has 0 bridgehead atoms. The molecule has 0 aliphatic carbocycles. The largest absolute Gasteiger partial charge is 0.497 e. The number of hydrogen-bond acceptors (Lipinski definition) is 4. The van der Waals surface area contributed by atoms with Gasteiger partial charge in [-0.15, -0.1) is 0 Å². The second kappa shape index (κ2) is 5.48. The van der Waals surface area contributed by atoms with E-state index in [0.717, 1.165) is 17.1 Å². The molecular formula is C14H20N2O3. The number of hydrogen-bond donors (Lipinski definition) is 1. The molecule has 0 saturated carbocycles. The van der Waals surface area contributed by atoms with Crippen molar-refractivity contribution in [1.82, 2.24) is 4.90 Å². The number of carbonyl (C=O) groups is 1. The van der Waals surface area contributed by atoms with Crippen molar-refractivity contribution < 1.29 is 14.3 Å². The lowest BCUT2D eigenvalue weighted by Crippen LogP contribution is -2.62. The van der Waals surface area contributed by atoms with E-state index < -0.39 is 0 Å². The fourth-order valence-corrected chi connectivity index (χ4v) is 2.47. The Kier molecular flexibility index (Phi) is 3.95. The molecular weight excluding hydrogens is 244 g/mol. The molecule has 1 aliphatic heterocycles. The lowest BCUT2D eigenvalue weighted by Gasteiger charge is -2.45. The minimum atomic E-state index is 0.0224. The van der Waals surface area contributed by atoms with Gasteiger partial charge in [0.1, 0.15) is 11.5 Å². The highest BCUT2D eigenvalue weighted by Crippen LogP contribution is 2.31. The average molecular weight is 264 g/mol. The second-order valence-corrected chi connectivity index (χ2v) is 4.74. The summed E-state index contributed by atoms with van der Waals surface area (Å²) in [5.41, 5.74) is 6.66. The van der Waals surface area contributed by atoms with Crippen LogP contribution in [0.15, 0.2) is 18.2 Å². The minimum absolute atomic E-state index is 0.0224. The van der Waals surface area contributed by atoms with Crippen LogP contribution < -0.4 is 15.2 Å². The Morgan fingerprint density at radius 2 is 2.05 bits per heavy atom. The number of nitrogens with two attached hydrogens (primary N) is 1. The molecule has 2 N–H and O–H groups in total. The Morgan fingerprint density at radius 1 is 1.32 bits per heavy atom. The van der Waals surface area contributed by atoms with Gasteiger partial charge in [-0.25, -0.2) is 0 Å². The van der Waals surface area contributed by atoms with E-state index in [0.29, 0.717) is 13.1 Å². The molecule has 1 heterocycles. The van der Waals surface area contributed by atoms with Gasteiger partial charge in [-0.2, -0.15) is 0 Å². The van der Waals surface area contributed by atoms with Gasteiger partial charge < -0.3 is 20.1 Å². The van der Waals surface area contributed by atoms with Crippen molar-refractivity contribution in [3.8, 4) is 11.5 Å². The Labute approximate surface area is 113 Å². The van der Waals surface area contributed by atoms with Gasteiger partial charge in [0, 0.05) is 24.7 Å². The van der Waals surface area contributed by atoms with Gasteiger partial charge in [0.15, 0.2) is 0 Å². The predicted molar refractivity (Wildman–Crippen MR) is 72.1 cm³/mol. The summed E-state index contributed by atoms with van der Waals surface area (Å²) in [6, 6.07) is 5.73. The first kappa shape index (κ1) is 13.7. The van der Waals surface area contributed by atoms with Gasteiger partial charge in [-0.1, -0.05) is 6.92 Å². The third kappa shape index (κ3) is 2.38. The monoisotopic (exact) mass is 264 g/mol. The number of nitrogens with zero attached hydrogens (tertiary/aromatic N) is 1. The Morgan fingerprint density at radius 3 is 2.63 bits per heavy atom. The molecule has 0 spiro atoms. The molecule has 1 aromatic rings. The number of likely N-dealkylation sites (tertiary alicyclic amines) is 1. The smallest absolute Gasteiger partial charge is 0.228 e. The predicted octanol–water partition coefficient (Wildman–Crippen LogP) is 1.01. The van der Waals surface area contributed by atoms with E-state index in [9.17, 15) is 4.79 Å². The van der Waals surface area contributed by atoms with Crippen LogP contribution >= 0.6 is 0 Å². The molecule has 1 fully saturated rings. The van der Waals surface area contributed by atoms with Crippen LogP contribution in [0.2, 0.25) is 0 Å². The van der Waals surface area contributed by atoms with E-state index in [-0.39, 0.29) is 17.9 Å². The van der Waals surface area contributed by atoms with Crippen LogP contribution in [0, 0.1) is 5.92 Å². The zero-order chi connectivity index (χ0) is 14.0. The number of carbonyl (C=O) groups excluding carboxylic acids is 1. The first-order valence-electron chi connectivity index (χ1n) is 6.33. The highest BCUT2D eigenvalue weighted by Gasteiger charge is 2.43. The van der Waals surface area contributed by atoms with Crippen LogP contribution in [-0.2, 0) is 11.3 Å². The van der Waals surface area contributed by atoms with E-state index in [1.165, 1.54) is 0 Å². The molecule has 2 atom stereocenters. The van der Waals surface area contributed by atoms with Crippen molar-refractivity contribution >= 4 is 5.91 Å². The number of methoxy groups -OCH3 is 2. The summed E-state index contributed by atoms with van der Waals surface area (Å²) in [5, 5.41) is 0. The van der Waals surface area contributed by atoms with Gasteiger partial charge in [0.2, 0.25) is 5.91 Å². The minimum Gasteiger partial charge on any atom is -0.497 e. The quantitative estimate of drug-likeness (QED) is 0.806. The molecule has 0 aromatic heterocycles. The lowest BCUT2D eigenvalue weighted by atomic mass is 9.88. The van der Waals surface area contributed by atoms with E-state index in [1.54, 1.807) is 19.1 Å². The van der Waals surface area contributed by atoms with Crippen molar-refractivity contribution in [2.45, 2.75) is 19.5 Å². The molecule has 1 aliphatic rings. The number of ether oxygens (including phenoxy) is 2. The standard InChI is InChI=1S/C14H20N2O3/c1-9-12(7-15)16(14(9)17)8-10-4-5-11(18-2)6-13(10)19-3/h4-6,9,12H,7-8,15H2,1-3H3/t9-,12+/m0/s1. The van der Waals surface area contributed by atoms with Gasteiger partial charge in [-0.05, 0) is 12.1 Å². The van der Waals surface area contributed by atoms with Crippen molar-refractivity contribution in [2.75, 3.05) is 20.8 Å². The third-order valence-corrected chi connectivity index (χ3v) is 3.73. The maximum absolute atomic E-state index is 11.9. The van der Waals surface area contributed by atoms with Crippen LogP contribution in [0.5, 0.6) is 11.5 Å². The third-order valence-electron chi connectivity index (χ3n) is 3.73. The SMILES string of the molecule is COc1ccc(CN2C(=O)[C@@H](C)[C@H]2CN)c(OC)c1. The lowest BCUT2D eigenvalue weighted by molar-refractivity contribution is -0.155. The zero-order valence-corrected chi connectivity index (χ0v) is 11.6. The first-order valence-corrected chi connectivity index (χ1v) is 6.33. The van der Waals surface area contributed by atoms with Gasteiger partial charge >= 0.3 is 0 Å². The van der Waals surface area contributed by atoms with Crippen molar-refractivity contribution in [3.05, 3.63) is 23.8 Å². The fraction of sp³-hybridized carbons (Fsp3) is 0.500. The molecule has 5 heteroatoms. The molecule has 0 radical (unpaired) electrons. The van der Waals surface area contributed by atoms with Crippen LogP contribution in [0.3, 0.4) is 0 Å². The van der Waals surface area contributed by atoms with Crippen molar-refractivity contribution in [2.24, 2.45) is 11.7 Å². The molecule has 1 aromatic carbocycles. The number of amides is 1. The summed E-state index contributed by atoms with van der Waals surface area (Å²) in [6.45, 7) is 2.94. The molecule has 104 valence electrons. The summed E-state index contributed by atoms with van der Waals surface area (Å²) in [6.07, 6.45) is 0. The van der Waals surface area contributed by atoms with Crippen molar-refractivity contribution in [3.63, 3.8) is 0 Å². The van der Waals surface area contributed by atoms with Crippen LogP contribution in [0.4, 0.5) is 0 Å². The van der Waals surface area contributed by atoms with E-state index in [2.05, 4.69) is 0 Å². The molecule has 0 unspecified atom stereocenters. The summed E-state index contributed by atoms with van der Waals surface area (Å²) in [7, 11) is 3.22. The Hall–Kier alpha value is -1.75. The maximum Gasteiger partial charge on any atom is 0.228 e. The summed E-state index contributed by atoms with van der Waals surface area (Å²) in [4.78, 5) is 13.7. The highest BCUT2D eigenvalue weighted by atomic mass is 16.5. The number of β-lactam (4-membered cyclic amide) rings is 1. The Bertz CT molecular complexity index is 476. The maximum atomic E-state index is 11.9. The highest BCUT2D eigenvalue weighted by molar-refractivity contribution is 5.85. The molecule has 1 amide bonds. The van der Waals surface area contributed by atoms with E-state index in [1.807, 2.05) is 25.1 Å². The van der Waals surface area contributed by atoms with Gasteiger partial charge in [-0.3, -0.25) is 4.79 Å². The summed E-state index contributed by atoms with van der Waals surface area (Å²) < 4.78 is 10.5. The zero-order valence-electron chi connectivity index (χ0n) is 11.6. The summed E-state index contributed by atoms with van der Waals surface area (Å²) in [5.74, 6) is 1.63. The van der Waals surface area contributed by atoms with Gasteiger partial charge in [0.25, 0.3) is 0 Å². The van der Waals surface area contributed by atoms with Crippen LogP contribution in [-0.4, -0.2) is 37.6 Å². The molecule has 19 heavy (non-hydrogen) atoms. The molecule has 2 rings (SSSR count). The van der Waals surface area contributed by atoms with Crippen molar-refractivity contribution in [1.29, 1.82) is 0 Å². The second-order valence-electron chi connectivity index (χ2n) is 4.74. The summed E-state index contributed by atoms with van der Waals surface area (Å²) >= 11 is 0. The van der Waals surface area contributed by atoms with Crippen LogP contribution in [0.1, 0.15) is 12.5 Å². The van der Waals surface area contributed by atoms with E-state index in [4.69, 9.17) is 15.2 Å². The Balaban J connectivity index is 2.17. The average Bonchev–Trinajstić information content (AvgIpc) is 2.46. The number of rotatable bonds is 5. The topological polar surface area (TPSA) is 64.8 Å². The van der Waals surface area contributed by atoms with E-state index >= 15 is 0 Å². The first-order chi connectivity index (χ1) is 9.12. The fourth-order valence-electron chi connectivity index (χ4n) is 2.47. The van der Waals surface area contributed by atoms with Gasteiger partial charge in [0.05, 0.1) is 26.2 Å². The van der Waals surface area contributed by atoms with Crippen LogP contribution in [0.25, 0.3) is 0 Å². The molecule has 1 saturated heterocycles.